The summed E-state index contributed by atoms with van der Waals surface area (Å²) in [6.07, 6.45) is 0. The molecule has 4 nitrogen and oxygen atoms in total. The van der Waals surface area contributed by atoms with Gasteiger partial charge in [0.05, 0.1) is 11.0 Å². The first-order valence-corrected chi connectivity index (χ1v) is 7.40. The molecular weight excluding hydrogens is 310 g/mol. The molecule has 0 aliphatic carbocycles. The van der Waals surface area contributed by atoms with E-state index >= 15 is 0 Å². The lowest BCUT2D eigenvalue weighted by molar-refractivity contribution is -0.118. The van der Waals surface area contributed by atoms with Crippen molar-refractivity contribution in [2.45, 2.75) is 20.8 Å². The van der Waals surface area contributed by atoms with Crippen molar-refractivity contribution in [1.29, 1.82) is 0 Å². The van der Waals surface area contributed by atoms with E-state index in [2.05, 4.69) is 28.3 Å². The number of carbonyl (C=O) groups excluding carboxylic acids is 1. The number of nitrogens with one attached hydrogen (secondary N) is 2. The number of fused-ring (bicyclic) bond motifs is 1. The summed E-state index contributed by atoms with van der Waals surface area (Å²) in [5.74, 6) is 0.774. The molecule has 2 N–H and O–H groups in total. The number of hydrogen-bond donors (Lipinski definition) is 2. The van der Waals surface area contributed by atoms with Gasteiger partial charge in [-0.2, -0.15) is 0 Å². The largest absolute Gasteiger partial charge is 0.338 e. The van der Waals surface area contributed by atoms with Crippen molar-refractivity contribution in [3.8, 4) is 11.4 Å². The van der Waals surface area contributed by atoms with Gasteiger partial charge >= 0.3 is 0 Å². The monoisotopic (exact) mass is 329 g/mol. The van der Waals surface area contributed by atoms with Crippen molar-refractivity contribution in [3.63, 3.8) is 0 Å². The molecule has 0 radical (unpaired) electrons. The Morgan fingerprint density at radius 2 is 1.96 bits per heavy atom. The van der Waals surface area contributed by atoms with E-state index < -0.39 is 0 Å². The zero-order valence-corrected chi connectivity index (χ0v) is 14.2. The number of nitrogens with zero attached hydrogens (tertiary/aromatic N) is 1. The highest BCUT2D eigenvalue weighted by Gasteiger charge is 2.09. The standard InChI is InChI=1S/C18H19N3O.ClH/c1-11(2)18(22)19-14-6-4-5-13(10-14)17-20-15-8-7-12(3)9-16(15)21-17;/h4-11H,1-3H3,(H,19,22)(H,20,21);1H. The van der Waals surface area contributed by atoms with Crippen molar-refractivity contribution in [1.82, 2.24) is 9.97 Å². The summed E-state index contributed by atoms with van der Waals surface area (Å²) in [5, 5.41) is 2.91. The van der Waals surface area contributed by atoms with Gasteiger partial charge in [0.1, 0.15) is 5.82 Å². The molecule has 0 atom stereocenters. The first-order valence-electron chi connectivity index (χ1n) is 7.40. The second-order valence-electron chi connectivity index (χ2n) is 5.83. The van der Waals surface area contributed by atoms with Crippen LogP contribution in [0.2, 0.25) is 0 Å². The number of hydrogen-bond acceptors (Lipinski definition) is 2. The molecule has 0 fully saturated rings. The number of benzene rings is 2. The van der Waals surface area contributed by atoms with Gasteiger partial charge in [-0.1, -0.05) is 32.0 Å². The van der Waals surface area contributed by atoms with Gasteiger partial charge in [-0.05, 0) is 36.8 Å². The van der Waals surface area contributed by atoms with Crippen molar-refractivity contribution in [2.75, 3.05) is 5.32 Å². The summed E-state index contributed by atoms with van der Waals surface area (Å²) in [7, 11) is 0. The second kappa shape index (κ2) is 6.84. The molecule has 0 bridgehead atoms. The lowest BCUT2D eigenvalue weighted by atomic mass is 10.1. The lowest BCUT2D eigenvalue weighted by Crippen LogP contribution is -2.17. The smallest absolute Gasteiger partial charge is 0.226 e. The Kier molecular flexibility index (Phi) is 5.06. The number of aromatic nitrogens is 2. The summed E-state index contributed by atoms with van der Waals surface area (Å²) in [5.41, 5.74) is 4.90. The van der Waals surface area contributed by atoms with Crippen LogP contribution < -0.4 is 5.32 Å². The van der Waals surface area contributed by atoms with Crippen molar-refractivity contribution >= 4 is 35.0 Å². The van der Waals surface area contributed by atoms with Crippen LogP contribution in [0.5, 0.6) is 0 Å². The van der Waals surface area contributed by atoms with E-state index in [1.807, 2.05) is 50.2 Å². The van der Waals surface area contributed by atoms with E-state index in [0.717, 1.165) is 28.1 Å². The Morgan fingerprint density at radius 3 is 2.70 bits per heavy atom. The molecule has 3 aromatic rings. The number of carbonyl (C=O) groups is 1. The molecule has 23 heavy (non-hydrogen) atoms. The fourth-order valence-electron chi connectivity index (χ4n) is 2.29. The summed E-state index contributed by atoms with van der Waals surface area (Å²) < 4.78 is 0. The van der Waals surface area contributed by atoms with Gasteiger partial charge in [-0.25, -0.2) is 4.98 Å². The Labute approximate surface area is 141 Å². The average Bonchev–Trinajstić information content (AvgIpc) is 2.90. The summed E-state index contributed by atoms with van der Waals surface area (Å²) in [4.78, 5) is 19.7. The topological polar surface area (TPSA) is 57.8 Å². The van der Waals surface area contributed by atoms with E-state index in [-0.39, 0.29) is 24.2 Å². The van der Waals surface area contributed by atoms with Crippen LogP contribution in [-0.2, 0) is 4.79 Å². The Morgan fingerprint density at radius 1 is 1.17 bits per heavy atom. The zero-order valence-electron chi connectivity index (χ0n) is 13.4. The van der Waals surface area contributed by atoms with E-state index in [1.165, 1.54) is 5.56 Å². The number of anilines is 1. The molecule has 1 aromatic heterocycles. The van der Waals surface area contributed by atoms with Gasteiger partial charge in [0.15, 0.2) is 0 Å². The second-order valence-corrected chi connectivity index (χ2v) is 5.83. The summed E-state index contributed by atoms with van der Waals surface area (Å²) >= 11 is 0. The van der Waals surface area contributed by atoms with E-state index in [0.29, 0.717) is 0 Å². The van der Waals surface area contributed by atoms with Crippen LogP contribution in [0, 0.1) is 12.8 Å². The Hall–Kier alpha value is -2.33. The number of H-pyrrole nitrogens is 1. The first kappa shape index (κ1) is 17.0. The van der Waals surface area contributed by atoms with Crippen LogP contribution in [0.3, 0.4) is 0 Å². The zero-order chi connectivity index (χ0) is 15.7. The average molecular weight is 330 g/mol. The molecule has 1 heterocycles. The molecule has 5 heteroatoms. The van der Waals surface area contributed by atoms with E-state index in [4.69, 9.17) is 0 Å². The van der Waals surface area contributed by atoms with Gasteiger partial charge in [-0.3, -0.25) is 4.79 Å². The maximum Gasteiger partial charge on any atom is 0.226 e. The highest BCUT2D eigenvalue weighted by molar-refractivity contribution is 5.92. The normalized spacial score (nSPS) is 10.6. The van der Waals surface area contributed by atoms with Crippen molar-refractivity contribution in [2.24, 2.45) is 5.92 Å². The third kappa shape index (κ3) is 3.71. The minimum absolute atomic E-state index is 0. The Balaban J connectivity index is 0.00000192. The number of aryl methyl sites for hydroxylation is 1. The van der Waals surface area contributed by atoms with Crippen LogP contribution in [0.1, 0.15) is 19.4 Å². The number of amides is 1. The van der Waals surface area contributed by atoms with Crippen LogP contribution >= 0.6 is 12.4 Å². The molecule has 120 valence electrons. The fraction of sp³-hybridized carbons (Fsp3) is 0.222. The predicted octanol–water partition coefficient (Wildman–Crippen LogP) is 4.55. The molecular formula is C18H20ClN3O. The third-order valence-electron chi connectivity index (χ3n) is 3.57. The minimum Gasteiger partial charge on any atom is -0.338 e. The van der Waals surface area contributed by atoms with Gasteiger partial charge in [0, 0.05) is 17.2 Å². The molecule has 0 spiro atoms. The van der Waals surface area contributed by atoms with E-state index in [1.54, 1.807) is 0 Å². The van der Waals surface area contributed by atoms with Crippen molar-refractivity contribution in [3.05, 3.63) is 48.0 Å². The lowest BCUT2D eigenvalue weighted by Gasteiger charge is -2.08. The predicted molar refractivity (Wildman–Crippen MR) is 97.0 cm³/mol. The fourth-order valence-corrected chi connectivity index (χ4v) is 2.29. The molecule has 0 unspecified atom stereocenters. The van der Waals surface area contributed by atoms with Crippen LogP contribution in [-0.4, -0.2) is 15.9 Å². The Bertz CT molecular complexity index is 839. The quantitative estimate of drug-likeness (QED) is 0.740. The summed E-state index contributed by atoms with van der Waals surface area (Å²) in [6, 6.07) is 13.9. The van der Waals surface area contributed by atoms with E-state index in [9.17, 15) is 4.79 Å². The number of rotatable bonds is 3. The molecule has 3 rings (SSSR count). The first-order chi connectivity index (χ1) is 10.5. The number of halogens is 1. The number of aromatic amines is 1. The number of imidazole rings is 1. The highest BCUT2D eigenvalue weighted by Crippen LogP contribution is 2.23. The molecule has 2 aromatic carbocycles. The van der Waals surface area contributed by atoms with Crippen molar-refractivity contribution < 1.29 is 4.79 Å². The van der Waals surface area contributed by atoms with Gasteiger partial charge in [-0.15, -0.1) is 12.4 Å². The molecule has 1 amide bonds. The molecule has 0 aliphatic heterocycles. The minimum atomic E-state index is -0.0437. The van der Waals surface area contributed by atoms with Gasteiger partial charge < -0.3 is 10.3 Å². The third-order valence-corrected chi connectivity index (χ3v) is 3.57. The highest BCUT2D eigenvalue weighted by atomic mass is 35.5. The van der Waals surface area contributed by atoms with Crippen LogP contribution in [0.15, 0.2) is 42.5 Å². The van der Waals surface area contributed by atoms with Crippen LogP contribution in [0.25, 0.3) is 22.4 Å². The maximum absolute atomic E-state index is 11.8. The summed E-state index contributed by atoms with van der Waals surface area (Å²) in [6.45, 7) is 5.81. The molecule has 0 saturated heterocycles. The SMILES string of the molecule is Cc1ccc2nc(-c3cccc(NC(=O)C(C)C)c3)[nH]c2c1.Cl. The van der Waals surface area contributed by atoms with Gasteiger partial charge in [0.25, 0.3) is 0 Å². The molecule has 0 saturated carbocycles. The van der Waals surface area contributed by atoms with Crippen LogP contribution in [0.4, 0.5) is 5.69 Å². The van der Waals surface area contributed by atoms with Gasteiger partial charge in [0.2, 0.25) is 5.91 Å². The molecule has 0 aliphatic rings. The maximum atomic E-state index is 11.8.